The van der Waals surface area contributed by atoms with E-state index < -0.39 is 0 Å². The minimum absolute atomic E-state index is 0.715. The summed E-state index contributed by atoms with van der Waals surface area (Å²) in [5.41, 5.74) is 0. The zero-order chi connectivity index (χ0) is 11.2. The van der Waals surface area contributed by atoms with E-state index in [1.807, 2.05) is 0 Å². The van der Waals surface area contributed by atoms with E-state index in [1.54, 1.807) is 0 Å². The first kappa shape index (κ1) is 12.2. The SMILES string of the molecule is CC(CCC1CCCCC1)NC1CC=CC1. The van der Waals surface area contributed by atoms with E-state index in [0.717, 1.165) is 12.0 Å². The quantitative estimate of drug-likeness (QED) is 0.691. The standard InChI is InChI=1S/C15H27N/c1-13(16-15-9-5-6-10-15)11-12-14-7-3-2-4-8-14/h5-6,13-16H,2-4,7-12H2,1H3. The summed E-state index contributed by atoms with van der Waals surface area (Å²) in [6.07, 6.45) is 17.4. The number of hydrogen-bond donors (Lipinski definition) is 1. The van der Waals surface area contributed by atoms with Gasteiger partial charge >= 0.3 is 0 Å². The molecule has 0 radical (unpaired) electrons. The summed E-state index contributed by atoms with van der Waals surface area (Å²) >= 11 is 0. The topological polar surface area (TPSA) is 12.0 Å². The molecule has 1 N–H and O–H groups in total. The largest absolute Gasteiger partial charge is 0.311 e. The Bertz CT molecular complexity index is 207. The van der Waals surface area contributed by atoms with Crippen molar-refractivity contribution in [2.24, 2.45) is 5.92 Å². The van der Waals surface area contributed by atoms with Gasteiger partial charge in [-0.05, 0) is 38.5 Å². The van der Waals surface area contributed by atoms with Crippen molar-refractivity contribution in [1.29, 1.82) is 0 Å². The molecule has 1 heteroatoms. The van der Waals surface area contributed by atoms with Crippen molar-refractivity contribution in [2.45, 2.75) is 76.8 Å². The summed E-state index contributed by atoms with van der Waals surface area (Å²) in [5.74, 6) is 1.04. The van der Waals surface area contributed by atoms with Crippen molar-refractivity contribution in [3.05, 3.63) is 12.2 Å². The average molecular weight is 221 g/mol. The molecule has 0 aromatic heterocycles. The van der Waals surface area contributed by atoms with Gasteiger partial charge in [-0.1, -0.05) is 44.3 Å². The highest BCUT2D eigenvalue weighted by molar-refractivity contribution is 4.98. The first-order valence-electron chi connectivity index (χ1n) is 7.25. The van der Waals surface area contributed by atoms with Crippen molar-refractivity contribution >= 4 is 0 Å². The van der Waals surface area contributed by atoms with Gasteiger partial charge in [0.1, 0.15) is 0 Å². The van der Waals surface area contributed by atoms with Crippen molar-refractivity contribution in [2.75, 3.05) is 0 Å². The Morgan fingerprint density at radius 2 is 1.81 bits per heavy atom. The summed E-state index contributed by atoms with van der Waals surface area (Å²) in [6.45, 7) is 2.36. The predicted octanol–water partition coefficient (Wildman–Crippen LogP) is 4.04. The fourth-order valence-corrected chi connectivity index (χ4v) is 3.20. The lowest BCUT2D eigenvalue weighted by molar-refractivity contribution is 0.311. The minimum atomic E-state index is 0.715. The minimum Gasteiger partial charge on any atom is -0.311 e. The van der Waals surface area contributed by atoms with Crippen LogP contribution in [0.25, 0.3) is 0 Å². The molecule has 0 aromatic rings. The highest BCUT2D eigenvalue weighted by Gasteiger charge is 2.16. The molecule has 1 unspecified atom stereocenters. The van der Waals surface area contributed by atoms with Gasteiger partial charge in [-0.15, -0.1) is 0 Å². The van der Waals surface area contributed by atoms with Crippen molar-refractivity contribution in [3.8, 4) is 0 Å². The van der Waals surface area contributed by atoms with E-state index in [-0.39, 0.29) is 0 Å². The summed E-state index contributed by atoms with van der Waals surface area (Å²) < 4.78 is 0. The molecule has 1 nitrogen and oxygen atoms in total. The second kappa shape index (κ2) is 6.44. The smallest absolute Gasteiger partial charge is 0.0138 e. The van der Waals surface area contributed by atoms with Gasteiger partial charge in [0.25, 0.3) is 0 Å². The molecular weight excluding hydrogens is 194 g/mol. The summed E-state index contributed by atoms with van der Waals surface area (Å²) in [4.78, 5) is 0. The van der Waals surface area contributed by atoms with E-state index in [4.69, 9.17) is 0 Å². The van der Waals surface area contributed by atoms with Crippen LogP contribution < -0.4 is 5.32 Å². The van der Waals surface area contributed by atoms with Gasteiger partial charge in [0, 0.05) is 12.1 Å². The van der Waals surface area contributed by atoms with Crippen LogP contribution in [0, 0.1) is 5.92 Å². The molecule has 1 atom stereocenters. The van der Waals surface area contributed by atoms with Gasteiger partial charge in [-0.2, -0.15) is 0 Å². The van der Waals surface area contributed by atoms with Gasteiger partial charge < -0.3 is 5.32 Å². The summed E-state index contributed by atoms with van der Waals surface area (Å²) in [5, 5.41) is 3.76. The van der Waals surface area contributed by atoms with Crippen LogP contribution in [0.2, 0.25) is 0 Å². The molecule has 92 valence electrons. The first-order chi connectivity index (χ1) is 7.84. The molecule has 0 saturated heterocycles. The van der Waals surface area contributed by atoms with Crippen LogP contribution in [0.4, 0.5) is 0 Å². The molecular formula is C15H27N. The van der Waals surface area contributed by atoms with Crippen LogP contribution in [0.15, 0.2) is 12.2 Å². The van der Waals surface area contributed by atoms with Crippen LogP contribution >= 0.6 is 0 Å². The van der Waals surface area contributed by atoms with Gasteiger partial charge in [-0.3, -0.25) is 0 Å². The molecule has 0 aromatic carbocycles. The molecule has 0 amide bonds. The van der Waals surface area contributed by atoms with Gasteiger partial charge in [0.15, 0.2) is 0 Å². The second-order valence-corrected chi connectivity index (χ2v) is 5.79. The Morgan fingerprint density at radius 1 is 1.12 bits per heavy atom. The molecule has 2 aliphatic rings. The van der Waals surface area contributed by atoms with Crippen LogP contribution in [0.3, 0.4) is 0 Å². The van der Waals surface area contributed by atoms with Crippen LogP contribution in [0.5, 0.6) is 0 Å². The normalized spacial score (nSPS) is 25.1. The van der Waals surface area contributed by atoms with Crippen LogP contribution in [-0.4, -0.2) is 12.1 Å². The molecule has 1 saturated carbocycles. The van der Waals surface area contributed by atoms with Crippen molar-refractivity contribution in [3.63, 3.8) is 0 Å². The lowest BCUT2D eigenvalue weighted by atomic mass is 9.85. The highest BCUT2D eigenvalue weighted by Crippen LogP contribution is 2.27. The van der Waals surface area contributed by atoms with Gasteiger partial charge in [0.2, 0.25) is 0 Å². The molecule has 0 spiro atoms. The Morgan fingerprint density at radius 3 is 2.50 bits per heavy atom. The number of nitrogens with one attached hydrogen (secondary N) is 1. The first-order valence-corrected chi connectivity index (χ1v) is 7.25. The second-order valence-electron chi connectivity index (χ2n) is 5.79. The summed E-state index contributed by atoms with van der Waals surface area (Å²) in [7, 11) is 0. The molecule has 2 aliphatic carbocycles. The van der Waals surface area contributed by atoms with E-state index in [0.29, 0.717) is 6.04 Å². The maximum absolute atomic E-state index is 3.76. The Hall–Kier alpha value is -0.300. The third-order valence-corrected chi connectivity index (χ3v) is 4.26. The third-order valence-electron chi connectivity index (χ3n) is 4.26. The molecule has 2 rings (SSSR count). The third kappa shape index (κ3) is 3.93. The maximum Gasteiger partial charge on any atom is 0.0138 e. The average Bonchev–Trinajstić information content (AvgIpc) is 2.81. The van der Waals surface area contributed by atoms with E-state index >= 15 is 0 Å². The molecule has 1 fully saturated rings. The molecule has 0 aliphatic heterocycles. The zero-order valence-electron chi connectivity index (χ0n) is 10.8. The number of rotatable bonds is 5. The van der Waals surface area contributed by atoms with Crippen LogP contribution in [-0.2, 0) is 0 Å². The Kier molecular flexibility index (Phi) is 4.90. The monoisotopic (exact) mass is 221 g/mol. The van der Waals surface area contributed by atoms with Crippen LogP contribution in [0.1, 0.15) is 64.7 Å². The lowest BCUT2D eigenvalue weighted by Crippen LogP contribution is -2.35. The highest BCUT2D eigenvalue weighted by atomic mass is 14.9. The lowest BCUT2D eigenvalue weighted by Gasteiger charge is -2.24. The number of hydrogen-bond acceptors (Lipinski definition) is 1. The zero-order valence-corrected chi connectivity index (χ0v) is 10.8. The molecule has 0 heterocycles. The van der Waals surface area contributed by atoms with E-state index in [1.165, 1.54) is 57.8 Å². The maximum atomic E-state index is 3.76. The van der Waals surface area contributed by atoms with E-state index in [2.05, 4.69) is 24.4 Å². The van der Waals surface area contributed by atoms with E-state index in [9.17, 15) is 0 Å². The van der Waals surface area contributed by atoms with Gasteiger partial charge in [-0.25, -0.2) is 0 Å². The predicted molar refractivity (Wildman–Crippen MR) is 70.6 cm³/mol. The fraction of sp³-hybridized carbons (Fsp3) is 0.867. The van der Waals surface area contributed by atoms with Crippen molar-refractivity contribution in [1.82, 2.24) is 5.32 Å². The summed E-state index contributed by atoms with van der Waals surface area (Å²) in [6, 6.07) is 1.45. The molecule has 16 heavy (non-hydrogen) atoms. The Balaban J connectivity index is 1.57. The molecule has 0 bridgehead atoms. The Labute approximate surface area is 101 Å². The van der Waals surface area contributed by atoms with Crippen molar-refractivity contribution < 1.29 is 0 Å². The van der Waals surface area contributed by atoms with Gasteiger partial charge in [0.05, 0.1) is 0 Å². The fourth-order valence-electron chi connectivity index (χ4n) is 3.20.